The van der Waals surface area contributed by atoms with Gasteiger partial charge in [-0.05, 0) is 41.0 Å². The van der Waals surface area contributed by atoms with E-state index in [1.807, 2.05) is 32.3 Å². The lowest BCUT2D eigenvalue weighted by Gasteiger charge is -2.13. The predicted octanol–water partition coefficient (Wildman–Crippen LogP) is 3.53. The van der Waals surface area contributed by atoms with Crippen LogP contribution in [0.5, 0.6) is 0 Å². The van der Waals surface area contributed by atoms with Crippen LogP contribution < -0.4 is 10.6 Å². The lowest BCUT2D eigenvalue weighted by atomic mass is 10.0. The third kappa shape index (κ3) is 2.66. The molecule has 0 saturated heterocycles. The monoisotopic (exact) mass is 260 g/mol. The highest BCUT2D eigenvalue weighted by Crippen LogP contribution is 2.26. The Morgan fingerprint density at radius 3 is 2.17 bits per heavy atom. The Bertz CT molecular complexity index is 533. The van der Waals surface area contributed by atoms with Crippen LogP contribution >= 0.6 is 11.6 Å². The quantitative estimate of drug-likeness (QED) is 0.915. The van der Waals surface area contributed by atoms with Gasteiger partial charge in [-0.3, -0.25) is 0 Å². The summed E-state index contributed by atoms with van der Waals surface area (Å²) in [7, 11) is 4.06. The van der Waals surface area contributed by atoms with Gasteiger partial charge in [0.25, 0.3) is 0 Å². The lowest BCUT2D eigenvalue weighted by Crippen LogP contribution is -2.07. The van der Waals surface area contributed by atoms with Gasteiger partial charge in [-0.2, -0.15) is 0 Å². The summed E-state index contributed by atoms with van der Waals surface area (Å²) >= 11 is 6.06. The molecule has 3 heteroatoms. The lowest BCUT2D eigenvalue weighted by molar-refractivity contribution is 1.07. The van der Waals surface area contributed by atoms with Gasteiger partial charge in [0.05, 0.1) is 0 Å². The van der Waals surface area contributed by atoms with Crippen LogP contribution in [0.4, 0.5) is 5.69 Å². The molecule has 0 aliphatic heterocycles. The molecule has 18 heavy (non-hydrogen) atoms. The van der Waals surface area contributed by atoms with Crippen molar-refractivity contribution in [2.75, 3.05) is 19.0 Å². The van der Waals surface area contributed by atoms with Gasteiger partial charge in [0, 0.05) is 31.4 Å². The number of hydrogen-bond donors (Lipinski definition) is 1. The summed E-state index contributed by atoms with van der Waals surface area (Å²) in [6.45, 7) is 0.461. The maximum absolute atomic E-state index is 6.06. The SMILES string of the molecule is CN(C)c1ccc(-c2ccc(Cl)c(CN)c2)cc1. The van der Waals surface area contributed by atoms with Gasteiger partial charge >= 0.3 is 0 Å². The molecule has 94 valence electrons. The molecule has 0 fully saturated rings. The summed E-state index contributed by atoms with van der Waals surface area (Å²) < 4.78 is 0. The molecule has 0 aromatic heterocycles. The first-order valence-electron chi connectivity index (χ1n) is 5.88. The van der Waals surface area contributed by atoms with E-state index in [-0.39, 0.29) is 0 Å². The molecule has 0 amide bonds. The molecular weight excluding hydrogens is 244 g/mol. The third-order valence-electron chi connectivity index (χ3n) is 2.98. The van der Waals surface area contributed by atoms with Crippen LogP contribution in [0.3, 0.4) is 0 Å². The summed E-state index contributed by atoms with van der Waals surface area (Å²) in [5.41, 5.74) is 10.2. The minimum absolute atomic E-state index is 0.461. The molecule has 0 heterocycles. The van der Waals surface area contributed by atoms with Crippen LogP contribution in [0.1, 0.15) is 5.56 Å². The van der Waals surface area contributed by atoms with E-state index in [1.54, 1.807) is 0 Å². The van der Waals surface area contributed by atoms with Gasteiger partial charge < -0.3 is 10.6 Å². The second-order valence-electron chi connectivity index (χ2n) is 4.45. The topological polar surface area (TPSA) is 29.3 Å². The first-order valence-corrected chi connectivity index (χ1v) is 6.26. The highest BCUT2D eigenvalue weighted by atomic mass is 35.5. The molecule has 2 nitrogen and oxygen atoms in total. The molecule has 0 saturated carbocycles. The highest BCUT2D eigenvalue weighted by molar-refractivity contribution is 6.31. The molecule has 0 spiro atoms. The van der Waals surface area contributed by atoms with Gasteiger partial charge in [-0.1, -0.05) is 29.8 Å². The van der Waals surface area contributed by atoms with E-state index >= 15 is 0 Å². The van der Waals surface area contributed by atoms with Crippen molar-refractivity contribution in [3.8, 4) is 11.1 Å². The Labute approximate surface area is 113 Å². The maximum atomic E-state index is 6.06. The summed E-state index contributed by atoms with van der Waals surface area (Å²) in [4.78, 5) is 2.08. The van der Waals surface area contributed by atoms with Crippen LogP contribution in [-0.2, 0) is 6.54 Å². The van der Waals surface area contributed by atoms with Gasteiger partial charge in [-0.25, -0.2) is 0 Å². The molecule has 0 aliphatic carbocycles. The van der Waals surface area contributed by atoms with Gasteiger partial charge in [-0.15, -0.1) is 0 Å². The van der Waals surface area contributed by atoms with Crippen molar-refractivity contribution in [1.82, 2.24) is 0 Å². The smallest absolute Gasteiger partial charge is 0.0451 e. The molecule has 0 unspecified atom stereocenters. The van der Waals surface area contributed by atoms with Crippen molar-refractivity contribution in [3.63, 3.8) is 0 Å². The average Bonchev–Trinajstić information content (AvgIpc) is 2.39. The van der Waals surface area contributed by atoms with E-state index in [2.05, 4.69) is 29.2 Å². The van der Waals surface area contributed by atoms with Crippen LogP contribution in [0.25, 0.3) is 11.1 Å². The molecule has 0 aliphatic rings. The van der Waals surface area contributed by atoms with Crippen LogP contribution in [0.2, 0.25) is 5.02 Å². The molecule has 0 bridgehead atoms. The number of nitrogens with zero attached hydrogens (tertiary/aromatic N) is 1. The standard InChI is InChI=1S/C15H17ClN2/c1-18(2)14-6-3-11(4-7-14)12-5-8-15(16)13(9-12)10-17/h3-9H,10,17H2,1-2H3. The molecule has 0 atom stereocenters. The number of halogens is 1. The fourth-order valence-corrected chi connectivity index (χ4v) is 2.06. The third-order valence-corrected chi connectivity index (χ3v) is 3.35. The largest absolute Gasteiger partial charge is 0.378 e. The van der Waals surface area contributed by atoms with Crippen molar-refractivity contribution in [2.24, 2.45) is 5.73 Å². The first kappa shape index (κ1) is 12.9. The number of benzene rings is 2. The van der Waals surface area contributed by atoms with Crippen molar-refractivity contribution in [3.05, 3.63) is 53.1 Å². The summed E-state index contributed by atoms with van der Waals surface area (Å²) in [6, 6.07) is 14.4. The summed E-state index contributed by atoms with van der Waals surface area (Å²) in [5.74, 6) is 0. The Balaban J connectivity index is 2.36. The average molecular weight is 261 g/mol. The number of nitrogens with two attached hydrogens (primary N) is 1. The maximum Gasteiger partial charge on any atom is 0.0451 e. The zero-order chi connectivity index (χ0) is 13.1. The minimum Gasteiger partial charge on any atom is -0.378 e. The van der Waals surface area contributed by atoms with Crippen molar-refractivity contribution in [1.29, 1.82) is 0 Å². The Hall–Kier alpha value is -1.51. The van der Waals surface area contributed by atoms with E-state index in [0.717, 1.165) is 16.1 Å². The zero-order valence-corrected chi connectivity index (χ0v) is 11.4. The van der Waals surface area contributed by atoms with E-state index in [1.165, 1.54) is 11.3 Å². The second kappa shape index (κ2) is 5.42. The van der Waals surface area contributed by atoms with Crippen LogP contribution in [-0.4, -0.2) is 14.1 Å². The van der Waals surface area contributed by atoms with E-state index < -0.39 is 0 Å². The molecular formula is C15H17ClN2. The van der Waals surface area contributed by atoms with Crippen molar-refractivity contribution in [2.45, 2.75) is 6.54 Å². The van der Waals surface area contributed by atoms with Crippen molar-refractivity contribution < 1.29 is 0 Å². The number of rotatable bonds is 3. The Kier molecular flexibility index (Phi) is 3.90. The predicted molar refractivity (Wildman–Crippen MR) is 79.1 cm³/mol. The first-order chi connectivity index (χ1) is 8.61. The van der Waals surface area contributed by atoms with E-state index in [9.17, 15) is 0 Å². The Morgan fingerprint density at radius 1 is 1.00 bits per heavy atom. The molecule has 2 aromatic carbocycles. The highest BCUT2D eigenvalue weighted by Gasteiger charge is 2.03. The van der Waals surface area contributed by atoms with Crippen LogP contribution in [0.15, 0.2) is 42.5 Å². The molecule has 2 aromatic rings. The van der Waals surface area contributed by atoms with E-state index in [4.69, 9.17) is 17.3 Å². The van der Waals surface area contributed by atoms with Crippen LogP contribution in [0, 0.1) is 0 Å². The molecule has 2 rings (SSSR count). The number of hydrogen-bond acceptors (Lipinski definition) is 2. The van der Waals surface area contributed by atoms with Crippen molar-refractivity contribution >= 4 is 17.3 Å². The molecule has 0 radical (unpaired) electrons. The fraction of sp³-hybridized carbons (Fsp3) is 0.200. The summed E-state index contributed by atoms with van der Waals surface area (Å²) in [5, 5.41) is 0.728. The van der Waals surface area contributed by atoms with E-state index in [0.29, 0.717) is 6.54 Å². The minimum atomic E-state index is 0.461. The van der Waals surface area contributed by atoms with Gasteiger partial charge in [0.1, 0.15) is 0 Å². The van der Waals surface area contributed by atoms with Gasteiger partial charge in [0.2, 0.25) is 0 Å². The number of anilines is 1. The normalized spacial score (nSPS) is 10.4. The Morgan fingerprint density at radius 2 is 1.61 bits per heavy atom. The summed E-state index contributed by atoms with van der Waals surface area (Å²) in [6.07, 6.45) is 0. The second-order valence-corrected chi connectivity index (χ2v) is 4.86. The fourth-order valence-electron chi connectivity index (χ4n) is 1.86. The molecule has 2 N–H and O–H groups in total. The van der Waals surface area contributed by atoms with Gasteiger partial charge in [0.15, 0.2) is 0 Å². The zero-order valence-electron chi connectivity index (χ0n) is 10.7.